The number of thiocarbonyl (C=S) groups is 1. The van der Waals surface area contributed by atoms with Gasteiger partial charge >= 0.3 is 6.18 Å². The first-order chi connectivity index (χ1) is 8.19. The Bertz CT molecular complexity index is 446. The number of anilines is 1. The van der Waals surface area contributed by atoms with Crippen LogP contribution >= 0.6 is 12.2 Å². The fourth-order valence-corrected chi connectivity index (χ4v) is 1.66. The number of nitrogens with one attached hydrogen (secondary N) is 1. The summed E-state index contributed by atoms with van der Waals surface area (Å²) < 4.78 is 36.7. The Morgan fingerprint density at radius 2 is 2.11 bits per heavy atom. The molecule has 0 radical (unpaired) electrons. The zero-order valence-electron chi connectivity index (χ0n) is 10.0. The van der Waals surface area contributed by atoms with Crippen LogP contribution in [-0.2, 0) is 0 Å². The van der Waals surface area contributed by atoms with Crippen LogP contribution in [-0.4, -0.2) is 22.2 Å². The first kappa shape index (κ1) is 14.7. The van der Waals surface area contributed by atoms with Crippen molar-refractivity contribution in [3.05, 3.63) is 23.4 Å². The van der Waals surface area contributed by atoms with Crippen molar-refractivity contribution in [1.29, 1.82) is 0 Å². The van der Waals surface area contributed by atoms with Crippen LogP contribution in [0, 0.1) is 6.92 Å². The number of pyridine rings is 1. The average molecular weight is 277 g/mol. The van der Waals surface area contributed by atoms with E-state index in [2.05, 4.69) is 10.3 Å². The molecule has 0 aliphatic rings. The minimum absolute atomic E-state index is 0.101. The van der Waals surface area contributed by atoms with Crippen molar-refractivity contribution in [2.45, 2.75) is 32.5 Å². The van der Waals surface area contributed by atoms with Gasteiger partial charge in [0, 0.05) is 11.7 Å². The minimum atomic E-state index is -4.22. The lowest BCUT2D eigenvalue weighted by Gasteiger charge is -2.18. The summed E-state index contributed by atoms with van der Waals surface area (Å²) in [5, 5.41) is 2.69. The molecule has 0 aliphatic heterocycles. The number of nitrogens with zero attached hydrogens (tertiary/aromatic N) is 1. The van der Waals surface area contributed by atoms with Gasteiger partial charge in [0.15, 0.2) is 0 Å². The highest BCUT2D eigenvalue weighted by molar-refractivity contribution is 7.80. The molecule has 18 heavy (non-hydrogen) atoms. The molecule has 3 nitrogen and oxygen atoms in total. The molecule has 100 valence electrons. The van der Waals surface area contributed by atoms with Gasteiger partial charge in [-0.1, -0.05) is 12.2 Å². The summed E-state index contributed by atoms with van der Waals surface area (Å²) in [5.41, 5.74) is 6.62. The Balaban J connectivity index is 2.89. The standard InChI is InChI=1S/C11H14F3N3S/c1-6-3-4-8(9(15)18)10(16-6)17-7(2)5-11(12,13)14/h3-4,7H,5H2,1-2H3,(H2,15,18)(H,16,17). The second-order valence-corrected chi connectivity index (χ2v) is 4.52. The van der Waals surface area contributed by atoms with Gasteiger partial charge in [0.1, 0.15) is 10.8 Å². The van der Waals surface area contributed by atoms with E-state index in [0.717, 1.165) is 0 Å². The van der Waals surface area contributed by atoms with E-state index in [1.54, 1.807) is 19.1 Å². The monoisotopic (exact) mass is 277 g/mol. The molecule has 0 fully saturated rings. The van der Waals surface area contributed by atoms with E-state index < -0.39 is 18.6 Å². The van der Waals surface area contributed by atoms with Gasteiger partial charge in [-0.15, -0.1) is 0 Å². The van der Waals surface area contributed by atoms with Gasteiger partial charge < -0.3 is 11.1 Å². The molecular weight excluding hydrogens is 263 g/mol. The summed E-state index contributed by atoms with van der Waals surface area (Å²) in [4.78, 5) is 4.22. The molecule has 1 atom stereocenters. The molecule has 0 spiro atoms. The Hall–Kier alpha value is -1.37. The number of halogens is 3. The molecule has 1 aromatic rings. The lowest BCUT2D eigenvalue weighted by atomic mass is 10.2. The highest BCUT2D eigenvalue weighted by atomic mass is 32.1. The molecule has 0 saturated heterocycles. The van der Waals surface area contributed by atoms with Crippen LogP contribution in [0.4, 0.5) is 19.0 Å². The third kappa shape index (κ3) is 4.48. The molecule has 0 bridgehead atoms. The highest BCUT2D eigenvalue weighted by Gasteiger charge is 2.30. The van der Waals surface area contributed by atoms with Gasteiger partial charge in [0.2, 0.25) is 0 Å². The summed E-state index contributed by atoms with van der Waals surface area (Å²) in [7, 11) is 0. The minimum Gasteiger partial charge on any atom is -0.389 e. The number of hydrogen-bond acceptors (Lipinski definition) is 3. The lowest BCUT2D eigenvalue weighted by Crippen LogP contribution is -2.26. The molecular formula is C11H14F3N3S. The summed E-state index contributed by atoms with van der Waals surface area (Å²) in [6.07, 6.45) is -5.17. The predicted molar refractivity (Wildman–Crippen MR) is 68.6 cm³/mol. The number of aromatic nitrogens is 1. The Kier molecular flexibility index (Phi) is 4.50. The zero-order chi connectivity index (χ0) is 13.9. The molecule has 0 aliphatic carbocycles. The lowest BCUT2D eigenvalue weighted by molar-refractivity contribution is -0.136. The molecule has 7 heteroatoms. The van der Waals surface area contributed by atoms with Gasteiger partial charge in [0.05, 0.1) is 12.0 Å². The van der Waals surface area contributed by atoms with Crippen molar-refractivity contribution in [2.75, 3.05) is 5.32 Å². The third-order valence-electron chi connectivity index (χ3n) is 2.22. The summed E-state index contributed by atoms with van der Waals surface area (Å²) in [6.45, 7) is 3.17. The van der Waals surface area contributed by atoms with Gasteiger partial charge in [-0.25, -0.2) is 4.98 Å². The molecule has 0 aromatic carbocycles. The van der Waals surface area contributed by atoms with Gasteiger partial charge in [0.25, 0.3) is 0 Å². The number of rotatable bonds is 4. The van der Waals surface area contributed by atoms with Crippen LogP contribution in [0.15, 0.2) is 12.1 Å². The third-order valence-corrected chi connectivity index (χ3v) is 2.44. The quantitative estimate of drug-likeness (QED) is 0.831. The Morgan fingerprint density at radius 3 is 2.61 bits per heavy atom. The van der Waals surface area contributed by atoms with E-state index >= 15 is 0 Å². The molecule has 1 aromatic heterocycles. The number of alkyl halides is 3. The van der Waals surface area contributed by atoms with Crippen molar-refractivity contribution >= 4 is 23.0 Å². The summed E-state index contributed by atoms with van der Waals surface area (Å²) >= 11 is 4.83. The van der Waals surface area contributed by atoms with E-state index in [9.17, 15) is 13.2 Å². The topological polar surface area (TPSA) is 50.9 Å². The Morgan fingerprint density at radius 1 is 1.50 bits per heavy atom. The van der Waals surface area contributed by atoms with Crippen LogP contribution < -0.4 is 11.1 Å². The first-order valence-electron chi connectivity index (χ1n) is 5.30. The molecule has 1 heterocycles. The van der Waals surface area contributed by atoms with Crippen molar-refractivity contribution in [1.82, 2.24) is 4.98 Å². The van der Waals surface area contributed by atoms with E-state index in [0.29, 0.717) is 17.1 Å². The van der Waals surface area contributed by atoms with Gasteiger partial charge in [-0.3, -0.25) is 0 Å². The maximum Gasteiger partial charge on any atom is 0.391 e. The van der Waals surface area contributed by atoms with Gasteiger partial charge in [-0.2, -0.15) is 13.2 Å². The van der Waals surface area contributed by atoms with Crippen LogP contribution in [0.25, 0.3) is 0 Å². The zero-order valence-corrected chi connectivity index (χ0v) is 10.8. The average Bonchev–Trinajstić information content (AvgIpc) is 2.13. The van der Waals surface area contributed by atoms with Crippen LogP contribution in [0.3, 0.4) is 0 Å². The molecule has 0 saturated carbocycles. The number of aryl methyl sites for hydroxylation is 1. The molecule has 3 N–H and O–H groups in total. The predicted octanol–water partition coefficient (Wildman–Crippen LogP) is 2.78. The SMILES string of the molecule is Cc1ccc(C(N)=S)c(NC(C)CC(F)(F)F)n1. The van der Waals surface area contributed by atoms with Crippen LogP contribution in [0.1, 0.15) is 24.6 Å². The van der Waals surface area contributed by atoms with Gasteiger partial charge in [-0.05, 0) is 26.0 Å². The second-order valence-electron chi connectivity index (χ2n) is 4.08. The Labute approximate surface area is 109 Å². The summed E-state index contributed by atoms with van der Waals surface area (Å²) in [5.74, 6) is 0.291. The van der Waals surface area contributed by atoms with E-state index in [4.69, 9.17) is 18.0 Å². The second kappa shape index (κ2) is 5.51. The van der Waals surface area contributed by atoms with Crippen LogP contribution in [0.2, 0.25) is 0 Å². The molecule has 1 rings (SSSR count). The smallest absolute Gasteiger partial charge is 0.389 e. The van der Waals surface area contributed by atoms with E-state index in [1.165, 1.54) is 6.92 Å². The maximum atomic E-state index is 12.2. The molecule has 1 unspecified atom stereocenters. The van der Waals surface area contributed by atoms with Crippen LogP contribution in [0.5, 0.6) is 0 Å². The fourth-order valence-electron chi connectivity index (χ4n) is 1.50. The number of nitrogens with two attached hydrogens (primary N) is 1. The number of hydrogen-bond donors (Lipinski definition) is 2. The summed E-state index contributed by atoms with van der Waals surface area (Å²) in [6, 6.07) is 2.55. The van der Waals surface area contributed by atoms with Crippen molar-refractivity contribution in [3.8, 4) is 0 Å². The maximum absolute atomic E-state index is 12.2. The molecule has 0 amide bonds. The van der Waals surface area contributed by atoms with E-state index in [1.807, 2.05) is 0 Å². The van der Waals surface area contributed by atoms with Crippen molar-refractivity contribution < 1.29 is 13.2 Å². The normalized spacial score (nSPS) is 13.2. The first-order valence-corrected chi connectivity index (χ1v) is 5.70. The largest absolute Gasteiger partial charge is 0.391 e. The van der Waals surface area contributed by atoms with Crippen molar-refractivity contribution in [2.24, 2.45) is 5.73 Å². The highest BCUT2D eigenvalue weighted by Crippen LogP contribution is 2.24. The van der Waals surface area contributed by atoms with E-state index in [-0.39, 0.29) is 4.99 Å². The fraction of sp³-hybridized carbons (Fsp3) is 0.455. The van der Waals surface area contributed by atoms with Crippen molar-refractivity contribution in [3.63, 3.8) is 0 Å².